The number of ether oxygens (including phenoxy) is 1. The lowest BCUT2D eigenvalue weighted by Gasteiger charge is -2.28. The third kappa shape index (κ3) is 3.10. The van der Waals surface area contributed by atoms with Crippen molar-refractivity contribution in [2.24, 2.45) is 4.99 Å². The topological polar surface area (TPSA) is 85.8 Å². The molecule has 0 amide bonds. The maximum Gasteiger partial charge on any atom is 0.266 e. The third-order valence-corrected chi connectivity index (χ3v) is 2.89. The summed E-state index contributed by atoms with van der Waals surface area (Å²) in [6, 6.07) is 6.89. The summed E-state index contributed by atoms with van der Waals surface area (Å²) in [6.07, 6.45) is -6.42. The molecule has 0 saturated heterocycles. The van der Waals surface area contributed by atoms with Gasteiger partial charge in [-0.1, -0.05) is 0 Å². The molecule has 20 heavy (non-hydrogen) atoms. The van der Waals surface area contributed by atoms with E-state index < -0.39 is 24.9 Å². The van der Waals surface area contributed by atoms with Crippen molar-refractivity contribution in [3.8, 4) is 6.07 Å². The summed E-state index contributed by atoms with van der Waals surface area (Å²) >= 11 is 0. The van der Waals surface area contributed by atoms with Crippen LogP contribution in [0.2, 0.25) is 0 Å². The number of benzene rings is 1. The largest absolute Gasteiger partial charge is 0.448 e. The average molecular weight is 282 g/mol. The van der Waals surface area contributed by atoms with Gasteiger partial charge in [0.05, 0.1) is 17.7 Å². The number of nitrogens with zero attached hydrogens (tertiary/aromatic N) is 2. The Labute approximate surface area is 113 Å². The van der Waals surface area contributed by atoms with Crippen molar-refractivity contribution in [1.82, 2.24) is 0 Å². The number of hydrogen-bond acceptors (Lipinski definition) is 5. The minimum atomic E-state index is -2.95. The van der Waals surface area contributed by atoms with Gasteiger partial charge < -0.3 is 14.9 Å². The number of aliphatic imine (C=N–C) groups is 1. The molecule has 0 bridgehead atoms. The first-order chi connectivity index (χ1) is 9.51. The van der Waals surface area contributed by atoms with Gasteiger partial charge in [0, 0.05) is 12.0 Å². The minimum absolute atomic E-state index is 0.0297. The predicted octanol–water partition coefficient (Wildman–Crippen LogP) is 1.04. The number of alkyl halides is 2. The Balaban J connectivity index is 2.26. The van der Waals surface area contributed by atoms with Crippen LogP contribution in [0.15, 0.2) is 29.3 Å². The molecule has 1 aliphatic heterocycles. The summed E-state index contributed by atoms with van der Waals surface area (Å²) in [5.41, 5.74) is 0.865. The van der Waals surface area contributed by atoms with Gasteiger partial charge in [0.25, 0.3) is 6.43 Å². The molecule has 7 heteroatoms. The Morgan fingerprint density at radius 2 is 2.00 bits per heavy atom. The summed E-state index contributed by atoms with van der Waals surface area (Å²) in [5.74, 6) is -0.0297. The molecule has 0 radical (unpaired) electrons. The fourth-order valence-electron chi connectivity index (χ4n) is 1.83. The fraction of sp³-hybridized carbons (Fsp3) is 0.385. The number of nitriles is 1. The molecule has 106 valence electrons. The third-order valence-electron chi connectivity index (χ3n) is 2.89. The average Bonchev–Trinajstić information content (AvgIpc) is 2.45. The van der Waals surface area contributed by atoms with Crippen LogP contribution in [-0.2, 0) is 4.74 Å². The van der Waals surface area contributed by atoms with Crippen molar-refractivity contribution < 1.29 is 23.7 Å². The Bertz CT molecular complexity index is 540. The normalized spacial score (nSPS) is 23.7. The number of halogens is 2. The zero-order chi connectivity index (χ0) is 14.7. The van der Waals surface area contributed by atoms with Gasteiger partial charge in [0.2, 0.25) is 12.2 Å². The Kier molecular flexibility index (Phi) is 4.27. The van der Waals surface area contributed by atoms with Crippen LogP contribution in [0.4, 0.5) is 8.78 Å². The monoisotopic (exact) mass is 282 g/mol. The summed E-state index contributed by atoms with van der Waals surface area (Å²) in [5, 5.41) is 27.6. The summed E-state index contributed by atoms with van der Waals surface area (Å²) in [4.78, 5) is 3.90. The molecule has 0 aliphatic carbocycles. The molecule has 3 atom stereocenters. The van der Waals surface area contributed by atoms with E-state index in [9.17, 15) is 19.0 Å². The summed E-state index contributed by atoms with van der Waals surface area (Å²) in [6.45, 7) is 0. The highest BCUT2D eigenvalue weighted by atomic mass is 19.3. The molecule has 5 nitrogen and oxygen atoms in total. The second-order valence-corrected chi connectivity index (χ2v) is 4.32. The van der Waals surface area contributed by atoms with Gasteiger partial charge in [0.1, 0.15) is 6.10 Å². The van der Waals surface area contributed by atoms with Crippen molar-refractivity contribution in [2.75, 3.05) is 0 Å². The maximum atomic E-state index is 12.5. The van der Waals surface area contributed by atoms with Crippen LogP contribution in [0.25, 0.3) is 0 Å². The van der Waals surface area contributed by atoms with Gasteiger partial charge in [-0.3, -0.25) is 0 Å². The highest BCUT2D eigenvalue weighted by Crippen LogP contribution is 2.21. The van der Waals surface area contributed by atoms with Crippen LogP contribution in [-0.4, -0.2) is 41.0 Å². The molecule has 1 heterocycles. The van der Waals surface area contributed by atoms with Crippen LogP contribution < -0.4 is 0 Å². The lowest BCUT2D eigenvalue weighted by atomic mass is 10.1. The molecule has 0 spiro atoms. The van der Waals surface area contributed by atoms with Gasteiger partial charge in [-0.2, -0.15) is 5.26 Å². The van der Waals surface area contributed by atoms with E-state index in [0.29, 0.717) is 11.1 Å². The molecule has 1 aliphatic rings. The highest BCUT2D eigenvalue weighted by molar-refractivity contribution is 5.94. The molecule has 0 fully saturated rings. The van der Waals surface area contributed by atoms with Gasteiger partial charge in [-0.25, -0.2) is 13.8 Å². The number of aliphatic hydroxyl groups excluding tert-OH is 2. The SMILES string of the molecule is N#Cc1ccc(C2=NC(C(O)C(F)F)CC(O)O2)cc1. The molecule has 0 saturated carbocycles. The van der Waals surface area contributed by atoms with Crippen LogP contribution >= 0.6 is 0 Å². The molecule has 0 aromatic heterocycles. The van der Waals surface area contributed by atoms with Crippen molar-refractivity contribution in [3.05, 3.63) is 35.4 Å². The first kappa shape index (κ1) is 14.4. The van der Waals surface area contributed by atoms with Crippen molar-refractivity contribution >= 4 is 5.90 Å². The van der Waals surface area contributed by atoms with E-state index in [1.54, 1.807) is 0 Å². The van der Waals surface area contributed by atoms with Gasteiger partial charge in [0.15, 0.2) is 0 Å². The predicted molar refractivity (Wildman–Crippen MR) is 65.2 cm³/mol. The molecule has 3 unspecified atom stereocenters. The van der Waals surface area contributed by atoms with E-state index in [4.69, 9.17) is 10.00 Å². The second kappa shape index (κ2) is 5.94. The molecular weight excluding hydrogens is 270 g/mol. The fourth-order valence-corrected chi connectivity index (χ4v) is 1.83. The maximum absolute atomic E-state index is 12.5. The zero-order valence-corrected chi connectivity index (χ0v) is 10.3. The van der Waals surface area contributed by atoms with Crippen molar-refractivity contribution in [1.29, 1.82) is 5.26 Å². The van der Waals surface area contributed by atoms with Crippen LogP contribution in [0.5, 0.6) is 0 Å². The van der Waals surface area contributed by atoms with Crippen LogP contribution in [0, 0.1) is 11.3 Å². The highest BCUT2D eigenvalue weighted by Gasteiger charge is 2.34. The standard InChI is InChI=1S/C13H12F2N2O3/c14-12(15)11(19)9-5-10(18)20-13(17-9)8-3-1-7(6-16)2-4-8/h1-4,9-12,18-19H,5H2. The molecular formula is C13H12F2N2O3. The molecule has 1 aromatic carbocycles. The molecule has 2 N–H and O–H groups in total. The van der Waals surface area contributed by atoms with Gasteiger partial charge >= 0.3 is 0 Å². The van der Waals surface area contributed by atoms with Crippen LogP contribution in [0.3, 0.4) is 0 Å². The van der Waals surface area contributed by atoms with Crippen molar-refractivity contribution in [3.63, 3.8) is 0 Å². The van der Waals surface area contributed by atoms with Gasteiger partial charge in [-0.15, -0.1) is 0 Å². The summed E-state index contributed by atoms with van der Waals surface area (Å²) < 4.78 is 30.1. The second-order valence-electron chi connectivity index (χ2n) is 4.32. The molecule has 2 rings (SSSR count). The van der Waals surface area contributed by atoms with E-state index in [-0.39, 0.29) is 12.3 Å². The van der Waals surface area contributed by atoms with E-state index in [1.807, 2.05) is 6.07 Å². The van der Waals surface area contributed by atoms with E-state index in [0.717, 1.165) is 0 Å². The lowest BCUT2D eigenvalue weighted by Crippen LogP contribution is -2.40. The molecule has 1 aromatic rings. The number of rotatable bonds is 3. The first-order valence-electron chi connectivity index (χ1n) is 5.90. The van der Waals surface area contributed by atoms with E-state index >= 15 is 0 Å². The minimum Gasteiger partial charge on any atom is -0.448 e. The van der Waals surface area contributed by atoms with Crippen molar-refractivity contribution in [2.45, 2.75) is 31.3 Å². The Morgan fingerprint density at radius 3 is 2.55 bits per heavy atom. The Morgan fingerprint density at radius 1 is 1.35 bits per heavy atom. The number of aliphatic hydroxyl groups is 2. The quantitative estimate of drug-likeness (QED) is 0.867. The summed E-state index contributed by atoms with van der Waals surface area (Å²) in [7, 11) is 0. The first-order valence-corrected chi connectivity index (χ1v) is 5.90. The van der Waals surface area contributed by atoms with Gasteiger partial charge in [-0.05, 0) is 24.3 Å². The number of hydrogen-bond donors (Lipinski definition) is 2. The van der Waals surface area contributed by atoms with E-state index in [1.165, 1.54) is 24.3 Å². The zero-order valence-electron chi connectivity index (χ0n) is 10.3. The van der Waals surface area contributed by atoms with E-state index in [2.05, 4.69) is 4.99 Å². The van der Waals surface area contributed by atoms with Crippen LogP contribution in [0.1, 0.15) is 17.5 Å². The smallest absolute Gasteiger partial charge is 0.266 e. The lowest BCUT2D eigenvalue weighted by molar-refractivity contribution is -0.0790. The Hall–Kier alpha value is -2.04.